The highest BCUT2D eigenvalue weighted by Gasteiger charge is 2.42. The van der Waals surface area contributed by atoms with Gasteiger partial charge in [0.15, 0.2) is 0 Å². The molecule has 1 saturated heterocycles. The Labute approximate surface area is 111 Å². The first-order valence-corrected chi connectivity index (χ1v) is 7.93. The first-order valence-electron chi connectivity index (χ1n) is 7.93. The normalized spacial score (nSPS) is 33.8. The topological polar surface area (TPSA) is 24.5 Å². The Bertz CT molecular complexity index is 263. The highest BCUT2D eigenvalue weighted by Crippen LogP contribution is 2.39. The fraction of sp³-hybridized carbons (Fsp3) is 1.00. The molecule has 3 rings (SSSR count). The van der Waals surface area contributed by atoms with Gasteiger partial charge in [-0.3, -0.25) is 4.90 Å². The van der Waals surface area contributed by atoms with E-state index in [1.54, 1.807) is 0 Å². The van der Waals surface area contributed by atoms with Crippen molar-refractivity contribution < 1.29 is 4.74 Å². The summed E-state index contributed by atoms with van der Waals surface area (Å²) in [6.07, 6.45) is 7.04. The van der Waals surface area contributed by atoms with Crippen LogP contribution in [0.3, 0.4) is 0 Å². The molecule has 0 radical (unpaired) electrons. The van der Waals surface area contributed by atoms with E-state index in [9.17, 15) is 0 Å². The predicted molar refractivity (Wildman–Crippen MR) is 73.7 cm³/mol. The molecule has 18 heavy (non-hydrogen) atoms. The van der Waals surface area contributed by atoms with Crippen LogP contribution in [-0.2, 0) is 4.74 Å². The van der Waals surface area contributed by atoms with Crippen molar-refractivity contribution in [3.8, 4) is 0 Å². The summed E-state index contributed by atoms with van der Waals surface area (Å²) in [4.78, 5) is 2.77. The Morgan fingerprint density at radius 3 is 2.61 bits per heavy atom. The average molecular weight is 252 g/mol. The average Bonchev–Trinajstić information content (AvgIpc) is 3.28. The maximum absolute atomic E-state index is 5.48. The number of piperazine rings is 1. The smallest absolute Gasteiger partial charge is 0.0478 e. The lowest BCUT2D eigenvalue weighted by atomic mass is 10.0. The van der Waals surface area contributed by atoms with E-state index < -0.39 is 0 Å². The van der Waals surface area contributed by atoms with Crippen molar-refractivity contribution in [2.75, 3.05) is 32.8 Å². The molecule has 0 amide bonds. The van der Waals surface area contributed by atoms with E-state index in [4.69, 9.17) is 4.74 Å². The van der Waals surface area contributed by atoms with Crippen molar-refractivity contribution >= 4 is 0 Å². The van der Waals surface area contributed by atoms with Gasteiger partial charge in [0.1, 0.15) is 0 Å². The Morgan fingerprint density at radius 1 is 1.17 bits per heavy atom. The molecule has 104 valence electrons. The number of ether oxygens (including phenoxy) is 1. The van der Waals surface area contributed by atoms with Crippen LogP contribution in [0.2, 0.25) is 0 Å². The second-order valence-corrected chi connectivity index (χ2v) is 6.30. The van der Waals surface area contributed by atoms with Gasteiger partial charge < -0.3 is 10.1 Å². The van der Waals surface area contributed by atoms with Gasteiger partial charge in [0, 0.05) is 44.9 Å². The van der Waals surface area contributed by atoms with E-state index in [2.05, 4.69) is 17.1 Å². The summed E-state index contributed by atoms with van der Waals surface area (Å²) in [6, 6.07) is 1.61. The number of nitrogens with one attached hydrogen (secondary N) is 1. The molecule has 0 spiro atoms. The van der Waals surface area contributed by atoms with Crippen LogP contribution < -0.4 is 5.32 Å². The van der Waals surface area contributed by atoms with E-state index in [-0.39, 0.29) is 0 Å². The summed E-state index contributed by atoms with van der Waals surface area (Å²) in [6.45, 7) is 7.65. The summed E-state index contributed by atoms with van der Waals surface area (Å²) in [5.41, 5.74) is 0. The molecule has 1 N–H and O–H groups in total. The molecule has 2 unspecified atom stereocenters. The van der Waals surface area contributed by atoms with Crippen LogP contribution in [0.25, 0.3) is 0 Å². The third-order valence-corrected chi connectivity index (χ3v) is 4.78. The minimum absolute atomic E-state index is 0.784. The number of hydrogen-bond acceptors (Lipinski definition) is 3. The molecule has 0 aromatic heterocycles. The molecule has 2 aliphatic carbocycles. The number of rotatable bonds is 7. The van der Waals surface area contributed by atoms with E-state index in [1.807, 2.05) is 0 Å². The summed E-state index contributed by atoms with van der Waals surface area (Å²) >= 11 is 0. The molecule has 3 aliphatic rings. The Balaban J connectivity index is 1.48. The first-order chi connectivity index (χ1) is 8.88. The van der Waals surface area contributed by atoms with Crippen LogP contribution in [-0.4, -0.2) is 49.8 Å². The summed E-state index contributed by atoms with van der Waals surface area (Å²) in [5, 5.41) is 3.81. The van der Waals surface area contributed by atoms with Crippen LogP contribution >= 0.6 is 0 Å². The molecule has 2 saturated carbocycles. The highest BCUT2D eigenvalue weighted by atomic mass is 16.5. The number of nitrogens with zero attached hydrogens (tertiary/aromatic N) is 1. The lowest BCUT2D eigenvalue weighted by molar-refractivity contribution is 0.0844. The molecule has 3 nitrogen and oxygen atoms in total. The fourth-order valence-electron chi connectivity index (χ4n) is 3.39. The minimum Gasteiger partial charge on any atom is -0.382 e. The van der Waals surface area contributed by atoms with E-state index in [0.717, 1.165) is 37.1 Å². The van der Waals surface area contributed by atoms with E-state index in [1.165, 1.54) is 51.7 Å². The van der Waals surface area contributed by atoms with Gasteiger partial charge in [-0.05, 0) is 50.9 Å². The maximum atomic E-state index is 5.48. The van der Waals surface area contributed by atoms with E-state index in [0.29, 0.717) is 0 Å². The van der Waals surface area contributed by atoms with Crippen LogP contribution in [0.4, 0.5) is 0 Å². The fourth-order valence-corrected chi connectivity index (χ4v) is 3.39. The summed E-state index contributed by atoms with van der Waals surface area (Å²) in [5.74, 6) is 1.98. The van der Waals surface area contributed by atoms with Crippen molar-refractivity contribution in [3.63, 3.8) is 0 Å². The second-order valence-electron chi connectivity index (χ2n) is 6.30. The van der Waals surface area contributed by atoms with Crippen molar-refractivity contribution in [2.45, 2.75) is 51.1 Å². The van der Waals surface area contributed by atoms with Crippen LogP contribution in [0, 0.1) is 11.8 Å². The summed E-state index contributed by atoms with van der Waals surface area (Å²) < 4.78 is 5.48. The third-order valence-electron chi connectivity index (χ3n) is 4.78. The lowest BCUT2D eigenvalue weighted by Crippen LogP contribution is -2.58. The SMILES string of the molecule is CCOCCCN1CC(C2CC2)NCC1C1CC1. The van der Waals surface area contributed by atoms with Gasteiger partial charge in [-0.2, -0.15) is 0 Å². The molecule has 0 aromatic carbocycles. The van der Waals surface area contributed by atoms with Gasteiger partial charge in [-0.1, -0.05) is 0 Å². The van der Waals surface area contributed by atoms with Crippen molar-refractivity contribution in [3.05, 3.63) is 0 Å². The summed E-state index contributed by atoms with van der Waals surface area (Å²) in [7, 11) is 0. The van der Waals surface area contributed by atoms with E-state index >= 15 is 0 Å². The first kappa shape index (κ1) is 12.9. The molecule has 2 atom stereocenters. The third kappa shape index (κ3) is 3.25. The van der Waals surface area contributed by atoms with Crippen molar-refractivity contribution in [1.82, 2.24) is 10.2 Å². The molecule has 0 bridgehead atoms. The zero-order valence-corrected chi connectivity index (χ0v) is 11.7. The van der Waals surface area contributed by atoms with Crippen LogP contribution in [0.1, 0.15) is 39.0 Å². The Morgan fingerprint density at radius 2 is 1.94 bits per heavy atom. The van der Waals surface area contributed by atoms with Crippen molar-refractivity contribution in [2.24, 2.45) is 11.8 Å². The quantitative estimate of drug-likeness (QED) is 0.700. The zero-order chi connectivity index (χ0) is 12.4. The predicted octanol–water partition coefficient (Wildman–Crippen LogP) is 1.88. The van der Waals surface area contributed by atoms with Gasteiger partial charge in [-0.15, -0.1) is 0 Å². The van der Waals surface area contributed by atoms with Crippen molar-refractivity contribution in [1.29, 1.82) is 0 Å². The van der Waals surface area contributed by atoms with Gasteiger partial charge >= 0.3 is 0 Å². The zero-order valence-electron chi connectivity index (χ0n) is 11.7. The van der Waals surface area contributed by atoms with Gasteiger partial charge in [0.25, 0.3) is 0 Å². The molecular weight excluding hydrogens is 224 g/mol. The monoisotopic (exact) mass is 252 g/mol. The maximum Gasteiger partial charge on any atom is 0.0478 e. The molecule has 1 aliphatic heterocycles. The minimum atomic E-state index is 0.784. The standard InChI is InChI=1S/C15H28N2O/c1-2-18-9-3-8-17-11-14(12-4-5-12)16-10-15(17)13-6-7-13/h12-16H,2-11H2,1H3. The van der Waals surface area contributed by atoms with Gasteiger partial charge in [-0.25, -0.2) is 0 Å². The molecule has 1 heterocycles. The van der Waals surface area contributed by atoms with Gasteiger partial charge in [0.2, 0.25) is 0 Å². The molecule has 3 heteroatoms. The second kappa shape index (κ2) is 5.89. The molecule has 0 aromatic rings. The largest absolute Gasteiger partial charge is 0.382 e. The number of hydrogen-bond donors (Lipinski definition) is 1. The highest BCUT2D eigenvalue weighted by molar-refractivity contribution is 4.98. The van der Waals surface area contributed by atoms with Crippen LogP contribution in [0.15, 0.2) is 0 Å². The molecular formula is C15H28N2O. The Kier molecular flexibility index (Phi) is 4.22. The van der Waals surface area contributed by atoms with Crippen LogP contribution in [0.5, 0.6) is 0 Å². The van der Waals surface area contributed by atoms with Gasteiger partial charge in [0.05, 0.1) is 0 Å². The molecule has 3 fully saturated rings. The Hall–Kier alpha value is -0.120. The lowest BCUT2D eigenvalue weighted by Gasteiger charge is -2.41.